The number of ether oxygens (including phenoxy) is 3. The first kappa shape index (κ1) is 59.8. The highest BCUT2D eigenvalue weighted by Gasteiger charge is 2.19. The Hall–Kier alpha value is -4.19. The molecule has 0 radical (unpaired) electrons. The quantitative estimate of drug-likeness (QED) is 0.0262. The van der Waals surface area contributed by atoms with E-state index in [2.05, 4.69) is 130 Å². The summed E-state index contributed by atoms with van der Waals surface area (Å²) < 4.78 is 16.7. The Labute approximate surface area is 392 Å². The summed E-state index contributed by atoms with van der Waals surface area (Å²) in [6.45, 7) is 6.25. The lowest BCUT2D eigenvalue weighted by atomic mass is 10.1. The van der Waals surface area contributed by atoms with Gasteiger partial charge in [-0.25, -0.2) is 0 Å². The molecule has 0 rings (SSSR count). The van der Waals surface area contributed by atoms with Gasteiger partial charge in [0.15, 0.2) is 6.10 Å². The first-order valence-electron chi connectivity index (χ1n) is 25.5. The molecule has 6 nitrogen and oxygen atoms in total. The molecule has 0 amide bonds. The summed E-state index contributed by atoms with van der Waals surface area (Å²) in [5, 5.41) is 0. The number of carbonyl (C=O) groups excluding carboxylic acids is 3. The van der Waals surface area contributed by atoms with Crippen LogP contribution < -0.4 is 0 Å². The predicted molar refractivity (Wildman–Crippen MR) is 274 cm³/mol. The highest BCUT2D eigenvalue weighted by molar-refractivity contribution is 5.71. The van der Waals surface area contributed by atoms with Crippen LogP contribution in [0.3, 0.4) is 0 Å². The Morgan fingerprint density at radius 1 is 0.328 bits per heavy atom. The maximum Gasteiger partial charge on any atom is 0.306 e. The van der Waals surface area contributed by atoms with Crippen LogP contribution in [0.5, 0.6) is 0 Å². The van der Waals surface area contributed by atoms with E-state index in [1.807, 2.05) is 12.2 Å². The molecule has 0 heterocycles. The largest absolute Gasteiger partial charge is 0.462 e. The van der Waals surface area contributed by atoms with E-state index in [4.69, 9.17) is 14.2 Å². The Kier molecular flexibility index (Phi) is 48.1. The second-order valence-corrected chi connectivity index (χ2v) is 16.3. The number of hydrogen-bond acceptors (Lipinski definition) is 6. The normalized spacial score (nSPS) is 13.1. The highest BCUT2D eigenvalue weighted by Crippen LogP contribution is 2.13. The zero-order valence-corrected chi connectivity index (χ0v) is 41.0. The van der Waals surface area contributed by atoms with E-state index >= 15 is 0 Å². The van der Waals surface area contributed by atoms with Gasteiger partial charge >= 0.3 is 17.9 Å². The maximum absolute atomic E-state index is 12.8. The van der Waals surface area contributed by atoms with Gasteiger partial charge in [0, 0.05) is 19.3 Å². The lowest BCUT2D eigenvalue weighted by molar-refractivity contribution is -0.166. The van der Waals surface area contributed by atoms with Crippen molar-refractivity contribution in [3.63, 3.8) is 0 Å². The fourth-order valence-corrected chi connectivity index (χ4v) is 6.42. The van der Waals surface area contributed by atoms with Crippen molar-refractivity contribution in [3.05, 3.63) is 122 Å². The van der Waals surface area contributed by atoms with Crippen LogP contribution in [-0.2, 0) is 28.6 Å². The summed E-state index contributed by atoms with van der Waals surface area (Å²) in [6, 6.07) is 0. The van der Waals surface area contributed by atoms with Gasteiger partial charge in [0.1, 0.15) is 13.2 Å². The van der Waals surface area contributed by atoms with Crippen molar-refractivity contribution in [1.29, 1.82) is 0 Å². The minimum absolute atomic E-state index is 0.113. The summed E-state index contributed by atoms with van der Waals surface area (Å²) in [6.07, 6.45) is 70.5. The molecule has 0 aliphatic rings. The minimum Gasteiger partial charge on any atom is -0.462 e. The third kappa shape index (κ3) is 48.8. The van der Waals surface area contributed by atoms with Gasteiger partial charge in [-0.05, 0) is 109 Å². The lowest BCUT2D eigenvalue weighted by Crippen LogP contribution is -2.30. The molecule has 0 saturated carbocycles. The van der Waals surface area contributed by atoms with Gasteiger partial charge in [-0.15, -0.1) is 0 Å². The van der Waals surface area contributed by atoms with E-state index < -0.39 is 6.10 Å². The Bertz CT molecular complexity index is 1390. The van der Waals surface area contributed by atoms with E-state index in [0.717, 1.165) is 128 Å². The number of esters is 3. The Morgan fingerprint density at radius 3 is 1.06 bits per heavy atom. The summed E-state index contributed by atoms with van der Waals surface area (Å²) in [4.78, 5) is 37.9. The van der Waals surface area contributed by atoms with Crippen LogP contribution in [0.4, 0.5) is 0 Å². The fraction of sp³-hybridized carbons (Fsp3) is 0.603. The summed E-state index contributed by atoms with van der Waals surface area (Å²) >= 11 is 0. The minimum atomic E-state index is -0.819. The van der Waals surface area contributed by atoms with Gasteiger partial charge in [-0.1, -0.05) is 200 Å². The standard InChI is InChI=1S/C58H92O6/c1-4-7-10-13-16-19-22-24-26-28-29-31-32-34-36-39-42-45-48-51-57(60)63-54-55(53-62-56(59)50-47-44-41-38-21-18-15-12-9-6-3)64-58(61)52-49-46-43-40-37-35-33-30-27-25-23-20-17-14-11-8-5-2/h7-8,10-12,15-17,19-20,24-27,29,31,34,36,42,45,55H,4-6,9,13-14,18,21-23,28,30,32-33,35,37-41,43-44,46-54H2,1-3H3/b10-7-,11-8-,15-12-,19-16-,20-17-,26-24-,27-25-,31-29-,36-34-,45-42-. The molecule has 0 spiro atoms. The van der Waals surface area contributed by atoms with Crippen LogP contribution in [0.1, 0.15) is 207 Å². The molecule has 0 aromatic carbocycles. The second kappa shape index (κ2) is 51.4. The molecule has 1 atom stereocenters. The molecule has 64 heavy (non-hydrogen) atoms. The van der Waals surface area contributed by atoms with E-state index in [1.165, 1.54) is 32.1 Å². The van der Waals surface area contributed by atoms with Crippen LogP contribution >= 0.6 is 0 Å². The average Bonchev–Trinajstić information content (AvgIpc) is 3.29. The van der Waals surface area contributed by atoms with Crippen LogP contribution in [0.15, 0.2) is 122 Å². The molecule has 0 N–H and O–H groups in total. The highest BCUT2D eigenvalue weighted by atomic mass is 16.6. The topological polar surface area (TPSA) is 78.9 Å². The predicted octanol–water partition coefficient (Wildman–Crippen LogP) is 16.9. The van der Waals surface area contributed by atoms with Crippen LogP contribution in [-0.4, -0.2) is 37.2 Å². The van der Waals surface area contributed by atoms with Gasteiger partial charge in [0.2, 0.25) is 0 Å². The number of carbonyl (C=O) groups is 3. The third-order valence-electron chi connectivity index (χ3n) is 10.2. The second-order valence-electron chi connectivity index (χ2n) is 16.3. The molecule has 1 unspecified atom stereocenters. The zero-order valence-electron chi connectivity index (χ0n) is 41.0. The van der Waals surface area contributed by atoms with Gasteiger partial charge in [0.25, 0.3) is 0 Å². The first-order chi connectivity index (χ1) is 31.5. The van der Waals surface area contributed by atoms with Crippen molar-refractivity contribution in [2.45, 2.75) is 213 Å². The third-order valence-corrected chi connectivity index (χ3v) is 10.2. The van der Waals surface area contributed by atoms with Gasteiger partial charge < -0.3 is 14.2 Å². The number of allylic oxidation sites excluding steroid dienone is 20. The maximum atomic E-state index is 12.8. The van der Waals surface area contributed by atoms with Gasteiger partial charge in [-0.2, -0.15) is 0 Å². The molecule has 0 aromatic heterocycles. The monoisotopic (exact) mass is 885 g/mol. The number of unbranched alkanes of at least 4 members (excludes halogenated alkanes) is 13. The van der Waals surface area contributed by atoms with Crippen LogP contribution in [0, 0.1) is 0 Å². The number of hydrogen-bond donors (Lipinski definition) is 0. The summed E-state index contributed by atoms with van der Waals surface area (Å²) in [5.74, 6) is -1.03. The van der Waals surface area contributed by atoms with Gasteiger partial charge in [-0.3, -0.25) is 14.4 Å². The van der Waals surface area contributed by atoms with Crippen molar-refractivity contribution in [2.75, 3.05) is 13.2 Å². The van der Waals surface area contributed by atoms with Crippen molar-refractivity contribution >= 4 is 17.9 Å². The first-order valence-corrected chi connectivity index (χ1v) is 25.5. The number of rotatable bonds is 44. The molecule has 0 fully saturated rings. The molecule has 0 aliphatic carbocycles. The molecule has 6 heteroatoms. The average molecular weight is 885 g/mol. The van der Waals surface area contributed by atoms with Crippen molar-refractivity contribution in [1.82, 2.24) is 0 Å². The van der Waals surface area contributed by atoms with Crippen LogP contribution in [0.2, 0.25) is 0 Å². The van der Waals surface area contributed by atoms with Crippen molar-refractivity contribution < 1.29 is 28.6 Å². The van der Waals surface area contributed by atoms with Crippen molar-refractivity contribution in [3.8, 4) is 0 Å². The molecule has 0 bridgehead atoms. The smallest absolute Gasteiger partial charge is 0.306 e. The van der Waals surface area contributed by atoms with E-state index in [0.29, 0.717) is 19.3 Å². The molecular weight excluding hydrogens is 793 g/mol. The lowest BCUT2D eigenvalue weighted by Gasteiger charge is -2.18. The molecule has 0 aliphatic heterocycles. The van der Waals surface area contributed by atoms with Crippen molar-refractivity contribution in [2.24, 2.45) is 0 Å². The molecule has 0 aromatic rings. The van der Waals surface area contributed by atoms with E-state index in [1.54, 1.807) is 0 Å². The van der Waals surface area contributed by atoms with E-state index in [-0.39, 0.29) is 37.5 Å². The van der Waals surface area contributed by atoms with Crippen LogP contribution in [0.25, 0.3) is 0 Å². The molecule has 0 saturated heterocycles. The fourth-order valence-electron chi connectivity index (χ4n) is 6.42. The Morgan fingerprint density at radius 2 is 0.641 bits per heavy atom. The van der Waals surface area contributed by atoms with Gasteiger partial charge in [0.05, 0.1) is 0 Å². The Balaban J connectivity index is 4.51. The van der Waals surface area contributed by atoms with E-state index in [9.17, 15) is 14.4 Å². The summed E-state index contributed by atoms with van der Waals surface area (Å²) in [5.41, 5.74) is 0. The SMILES string of the molecule is CC/C=C\C/C=C\C/C=C\C/C=C\C/C=C\C/C=C\CCC(=O)OCC(COC(=O)CCCCCCC/C=C\CCC)OC(=O)CCCCCCCCC/C=C\C/C=C\C/C=C\CC. The zero-order chi connectivity index (χ0) is 46.5. The molecular formula is C58H92O6. The summed E-state index contributed by atoms with van der Waals surface area (Å²) in [7, 11) is 0. The molecule has 360 valence electrons.